The maximum Gasteiger partial charge on any atom is 0.275 e. The van der Waals surface area contributed by atoms with Gasteiger partial charge in [0.1, 0.15) is 0 Å². The fourth-order valence-electron chi connectivity index (χ4n) is 2.27. The number of allylic oxidation sites excluding steroid dienone is 1. The van der Waals surface area contributed by atoms with Crippen molar-refractivity contribution in [3.8, 4) is 0 Å². The second-order valence-corrected chi connectivity index (χ2v) is 5.76. The highest BCUT2D eigenvalue weighted by molar-refractivity contribution is 7.98. The first-order chi connectivity index (χ1) is 10.6. The third-order valence-corrected chi connectivity index (χ3v) is 4.00. The summed E-state index contributed by atoms with van der Waals surface area (Å²) in [5.74, 6) is 0.363. The van der Waals surface area contributed by atoms with Crippen molar-refractivity contribution in [2.45, 2.75) is 5.66 Å². The molecule has 1 atom stereocenters. The Balaban J connectivity index is 1.93. The van der Waals surface area contributed by atoms with E-state index in [-0.39, 0.29) is 17.4 Å². The molecule has 2 heterocycles. The monoisotopic (exact) mass is 313 g/mol. The van der Waals surface area contributed by atoms with Crippen LogP contribution in [0.2, 0.25) is 0 Å². The largest absolute Gasteiger partial charge is 0.382 e. The lowest BCUT2D eigenvalue weighted by Crippen LogP contribution is -2.47. The number of hydrogen-bond acceptors (Lipinski definition) is 6. The third kappa shape index (κ3) is 2.67. The van der Waals surface area contributed by atoms with Crippen molar-refractivity contribution in [3.63, 3.8) is 0 Å². The summed E-state index contributed by atoms with van der Waals surface area (Å²) in [5, 5.41) is 2.89. The number of thioether (sulfide) groups is 1. The van der Waals surface area contributed by atoms with Crippen LogP contribution in [-0.4, -0.2) is 39.8 Å². The molecule has 1 aromatic carbocycles. The number of nitrogen functional groups attached to an aromatic ring is 1. The van der Waals surface area contributed by atoms with E-state index in [9.17, 15) is 4.79 Å². The van der Waals surface area contributed by atoms with Crippen LogP contribution in [-0.2, 0) is 0 Å². The average molecular weight is 313 g/mol. The number of para-hydroxylation sites is 2. The molecule has 0 saturated heterocycles. The minimum absolute atomic E-state index is 0.112. The minimum atomic E-state index is -0.740. The van der Waals surface area contributed by atoms with Crippen molar-refractivity contribution in [3.05, 3.63) is 42.1 Å². The standard InChI is InChI=1S/C15H15N5OS/c1-22-9-15(7-4-8-17-15)20-14(21)12-13(16)19-11-6-3-2-5-10(11)18-12/h2-8H,9H2,1H3,(H2,16,19)(H,20,21). The SMILES string of the molecule is CSCC1(NC(=O)c2nc3ccccc3nc2N)C=CC=N1. The summed E-state index contributed by atoms with van der Waals surface area (Å²) in [7, 11) is 0. The first-order valence-electron chi connectivity index (χ1n) is 6.70. The van der Waals surface area contributed by atoms with E-state index in [1.54, 1.807) is 30.1 Å². The van der Waals surface area contributed by atoms with Gasteiger partial charge in [0.05, 0.1) is 11.0 Å². The quantitative estimate of drug-likeness (QED) is 0.895. The zero-order chi connectivity index (χ0) is 15.6. The second-order valence-electron chi connectivity index (χ2n) is 4.89. The Hall–Kier alpha value is -2.41. The van der Waals surface area contributed by atoms with Crippen molar-refractivity contribution < 1.29 is 4.79 Å². The Morgan fingerprint density at radius 3 is 2.68 bits per heavy atom. The van der Waals surface area contributed by atoms with Gasteiger partial charge in [-0.15, -0.1) is 0 Å². The number of fused-ring (bicyclic) bond motifs is 1. The Bertz CT molecular complexity index is 775. The zero-order valence-electron chi connectivity index (χ0n) is 12.0. The van der Waals surface area contributed by atoms with Gasteiger partial charge in [-0.3, -0.25) is 9.79 Å². The molecule has 1 amide bonds. The number of aliphatic imine (C=N–C) groups is 1. The topological polar surface area (TPSA) is 93.3 Å². The Labute approximate surface area is 131 Å². The summed E-state index contributed by atoms with van der Waals surface area (Å²) in [6.45, 7) is 0. The number of amides is 1. The lowest BCUT2D eigenvalue weighted by molar-refractivity contribution is 0.0923. The van der Waals surface area contributed by atoms with Crippen LogP contribution in [0.15, 0.2) is 41.4 Å². The van der Waals surface area contributed by atoms with Crippen LogP contribution in [0.1, 0.15) is 10.5 Å². The van der Waals surface area contributed by atoms with E-state index in [0.717, 1.165) is 0 Å². The molecule has 1 aromatic heterocycles. The van der Waals surface area contributed by atoms with Gasteiger partial charge >= 0.3 is 0 Å². The number of nitrogens with two attached hydrogens (primary N) is 1. The van der Waals surface area contributed by atoms with Crippen LogP contribution in [0.25, 0.3) is 11.0 Å². The fraction of sp³-hybridized carbons (Fsp3) is 0.200. The maximum absolute atomic E-state index is 12.5. The number of aromatic nitrogens is 2. The summed E-state index contributed by atoms with van der Waals surface area (Å²) in [6.07, 6.45) is 7.30. The Morgan fingerprint density at radius 2 is 2.05 bits per heavy atom. The molecule has 22 heavy (non-hydrogen) atoms. The van der Waals surface area contributed by atoms with Crippen LogP contribution >= 0.6 is 11.8 Å². The molecule has 0 saturated carbocycles. The van der Waals surface area contributed by atoms with Gasteiger partial charge in [0, 0.05) is 12.0 Å². The van der Waals surface area contributed by atoms with E-state index >= 15 is 0 Å². The highest BCUT2D eigenvalue weighted by Crippen LogP contribution is 2.20. The first kappa shape index (κ1) is 14.5. The Morgan fingerprint density at radius 1 is 1.32 bits per heavy atom. The molecule has 1 unspecified atom stereocenters. The summed E-state index contributed by atoms with van der Waals surface area (Å²) >= 11 is 1.59. The van der Waals surface area contributed by atoms with Gasteiger partial charge in [-0.2, -0.15) is 11.8 Å². The molecule has 1 aliphatic heterocycles. The number of carbonyl (C=O) groups excluding carboxylic acids is 1. The summed E-state index contributed by atoms with van der Waals surface area (Å²) in [4.78, 5) is 25.4. The maximum atomic E-state index is 12.5. The number of carbonyl (C=O) groups is 1. The molecule has 3 rings (SSSR count). The Kier molecular flexibility index (Phi) is 3.81. The van der Waals surface area contributed by atoms with Gasteiger partial charge in [0.25, 0.3) is 5.91 Å². The van der Waals surface area contributed by atoms with Crippen molar-refractivity contribution in [2.75, 3.05) is 17.7 Å². The van der Waals surface area contributed by atoms with E-state index < -0.39 is 5.66 Å². The molecule has 0 radical (unpaired) electrons. The van der Waals surface area contributed by atoms with E-state index in [0.29, 0.717) is 16.8 Å². The number of rotatable bonds is 4. The second kappa shape index (κ2) is 5.76. The van der Waals surface area contributed by atoms with Crippen molar-refractivity contribution in [1.29, 1.82) is 0 Å². The summed E-state index contributed by atoms with van der Waals surface area (Å²) < 4.78 is 0. The molecule has 2 aromatic rings. The fourth-order valence-corrected chi connectivity index (χ4v) is 2.96. The van der Waals surface area contributed by atoms with Crippen LogP contribution in [0.5, 0.6) is 0 Å². The molecule has 6 nitrogen and oxygen atoms in total. The highest BCUT2D eigenvalue weighted by atomic mass is 32.2. The van der Waals surface area contributed by atoms with Crippen molar-refractivity contribution >= 4 is 40.7 Å². The lowest BCUT2D eigenvalue weighted by atomic mass is 10.2. The molecule has 3 N–H and O–H groups in total. The smallest absolute Gasteiger partial charge is 0.275 e. The number of nitrogens with zero attached hydrogens (tertiary/aromatic N) is 3. The van der Waals surface area contributed by atoms with E-state index in [1.807, 2.05) is 30.5 Å². The van der Waals surface area contributed by atoms with Crippen molar-refractivity contribution in [2.24, 2.45) is 4.99 Å². The molecule has 0 bridgehead atoms. The van der Waals surface area contributed by atoms with Crippen LogP contribution in [0.3, 0.4) is 0 Å². The van der Waals surface area contributed by atoms with Crippen LogP contribution < -0.4 is 11.1 Å². The van der Waals surface area contributed by atoms with Gasteiger partial charge in [-0.25, -0.2) is 9.97 Å². The van der Waals surface area contributed by atoms with E-state index in [4.69, 9.17) is 5.73 Å². The minimum Gasteiger partial charge on any atom is -0.382 e. The van der Waals surface area contributed by atoms with Gasteiger partial charge in [-0.05, 0) is 30.5 Å². The molecule has 0 aliphatic carbocycles. The molecule has 1 aliphatic rings. The summed E-state index contributed by atoms with van der Waals surface area (Å²) in [6, 6.07) is 7.29. The summed E-state index contributed by atoms with van der Waals surface area (Å²) in [5.41, 5.74) is 6.56. The number of benzene rings is 1. The molecular weight excluding hydrogens is 298 g/mol. The molecule has 7 heteroatoms. The van der Waals surface area contributed by atoms with Gasteiger partial charge < -0.3 is 11.1 Å². The van der Waals surface area contributed by atoms with E-state index in [2.05, 4.69) is 20.3 Å². The number of anilines is 1. The predicted molar refractivity (Wildman–Crippen MR) is 90.2 cm³/mol. The molecular formula is C15H15N5OS. The third-order valence-electron chi connectivity index (χ3n) is 3.27. The number of hydrogen-bond donors (Lipinski definition) is 2. The average Bonchev–Trinajstić information content (AvgIpc) is 2.95. The highest BCUT2D eigenvalue weighted by Gasteiger charge is 2.31. The molecule has 0 fully saturated rings. The van der Waals surface area contributed by atoms with Gasteiger partial charge in [-0.1, -0.05) is 12.1 Å². The van der Waals surface area contributed by atoms with Gasteiger partial charge in [0.2, 0.25) is 0 Å². The van der Waals surface area contributed by atoms with Crippen LogP contribution in [0, 0.1) is 0 Å². The van der Waals surface area contributed by atoms with Gasteiger partial charge in [0.15, 0.2) is 17.2 Å². The van der Waals surface area contributed by atoms with Crippen molar-refractivity contribution in [1.82, 2.24) is 15.3 Å². The first-order valence-corrected chi connectivity index (χ1v) is 8.10. The van der Waals surface area contributed by atoms with Crippen LogP contribution in [0.4, 0.5) is 5.82 Å². The lowest BCUT2D eigenvalue weighted by Gasteiger charge is -2.24. The number of nitrogens with one attached hydrogen (secondary N) is 1. The molecule has 0 spiro atoms. The zero-order valence-corrected chi connectivity index (χ0v) is 12.8. The normalized spacial score (nSPS) is 19.7. The van der Waals surface area contributed by atoms with E-state index in [1.165, 1.54) is 0 Å². The molecule has 112 valence electrons. The predicted octanol–water partition coefficient (Wildman–Crippen LogP) is 1.64.